The summed E-state index contributed by atoms with van der Waals surface area (Å²) in [7, 11) is 0. The summed E-state index contributed by atoms with van der Waals surface area (Å²) in [5, 5.41) is 6.00. The number of anilines is 3. The lowest BCUT2D eigenvalue weighted by molar-refractivity contribution is 0.102. The summed E-state index contributed by atoms with van der Waals surface area (Å²) >= 11 is 0. The van der Waals surface area contributed by atoms with Crippen LogP contribution in [0.5, 0.6) is 11.5 Å². The van der Waals surface area contributed by atoms with Gasteiger partial charge in [0, 0.05) is 23.5 Å². The van der Waals surface area contributed by atoms with Crippen molar-refractivity contribution in [2.24, 2.45) is 0 Å². The molecular weight excluding hydrogens is 332 g/mol. The zero-order chi connectivity index (χ0) is 17.9. The lowest BCUT2D eigenvalue weighted by Gasteiger charge is -2.10. The molecule has 0 saturated carbocycles. The van der Waals surface area contributed by atoms with E-state index in [9.17, 15) is 4.79 Å². The lowest BCUT2D eigenvalue weighted by Crippen LogP contribution is -2.14. The number of hydrogen-bond acceptors (Lipinski definition) is 6. The van der Waals surface area contributed by atoms with Crippen LogP contribution in [0.3, 0.4) is 0 Å². The molecule has 26 heavy (non-hydrogen) atoms. The summed E-state index contributed by atoms with van der Waals surface area (Å²) in [6.07, 6.45) is 1.36. The number of carbonyl (C=O) groups is 1. The molecule has 0 saturated heterocycles. The highest BCUT2D eigenvalue weighted by Crippen LogP contribution is 2.34. The average molecular weight is 348 g/mol. The van der Waals surface area contributed by atoms with E-state index in [0.717, 1.165) is 11.3 Å². The van der Waals surface area contributed by atoms with Gasteiger partial charge in [0.1, 0.15) is 17.8 Å². The van der Waals surface area contributed by atoms with Crippen molar-refractivity contribution in [3.05, 3.63) is 66.1 Å². The van der Waals surface area contributed by atoms with Gasteiger partial charge in [0.05, 0.1) is 0 Å². The first-order chi connectivity index (χ1) is 12.7. The SMILES string of the molecule is Cc1ccccc1Nc1cc(C(=O)Nc2ccc3c(c2)OCO3)ncn1. The molecule has 1 amide bonds. The predicted molar refractivity (Wildman–Crippen MR) is 97.0 cm³/mol. The van der Waals surface area contributed by atoms with Crippen molar-refractivity contribution in [1.29, 1.82) is 0 Å². The zero-order valence-corrected chi connectivity index (χ0v) is 14.0. The molecule has 2 N–H and O–H groups in total. The van der Waals surface area contributed by atoms with Gasteiger partial charge in [-0.2, -0.15) is 0 Å². The molecule has 0 bridgehead atoms. The topological polar surface area (TPSA) is 85.4 Å². The third-order valence-electron chi connectivity index (χ3n) is 3.94. The number of rotatable bonds is 4. The molecule has 0 radical (unpaired) electrons. The van der Waals surface area contributed by atoms with Crippen LogP contribution in [0.25, 0.3) is 0 Å². The van der Waals surface area contributed by atoms with Crippen LogP contribution in [-0.2, 0) is 0 Å². The van der Waals surface area contributed by atoms with E-state index in [2.05, 4.69) is 20.6 Å². The number of amides is 1. The Morgan fingerprint density at radius 2 is 1.88 bits per heavy atom. The van der Waals surface area contributed by atoms with Crippen molar-refractivity contribution in [3.8, 4) is 11.5 Å². The molecule has 0 spiro atoms. The van der Waals surface area contributed by atoms with Gasteiger partial charge in [0.15, 0.2) is 11.5 Å². The normalized spacial score (nSPS) is 11.9. The predicted octanol–water partition coefficient (Wildman–Crippen LogP) is 3.51. The van der Waals surface area contributed by atoms with Crippen molar-refractivity contribution in [2.75, 3.05) is 17.4 Å². The molecule has 2 heterocycles. The van der Waals surface area contributed by atoms with E-state index >= 15 is 0 Å². The Morgan fingerprint density at radius 1 is 1.04 bits per heavy atom. The Bertz CT molecular complexity index is 975. The summed E-state index contributed by atoms with van der Waals surface area (Å²) in [5.74, 6) is 1.48. The Kier molecular flexibility index (Phi) is 4.10. The number of aryl methyl sites for hydroxylation is 1. The van der Waals surface area contributed by atoms with Crippen molar-refractivity contribution in [2.45, 2.75) is 6.92 Å². The molecular formula is C19H16N4O3. The van der Waals surface area contributed by atoms with E-state index in [4.69, 9.17) is 9.47 Å². The van der Waals surface area contributed by atoms with Gasteiger partial charge in [-0.05, 0) is 30.7 Å². The van der Waals surface area contributed by atoms with Crippen LogP contribution in [0.2, 0.25) is 0 Å². The van der Waals surface area contributed by atoms with E-state index in [1.54, 1.807) is 24.3 Å². The number of fused-ring (bicyclic) bond motifs is 1. The fourth-order valence-electron chi connectivity index (χ4n) is 2.57. The van der Waals surface area contributed by atoms with Gasteiger partial charge in [0.25, 0.3) is 5.91 Å². The second-order valence-corrected chi connectivity index (χ2v) is 5.75. The highest BCUT2D eigenvalue weighted by molar-refractivity contribution is 6.03. The third-order valence-corrected chi connectivity index (χ3v) is 3.94. The molecule has 0 aliphatic carbocycles. The van der Waals surface area contributed by atoms with E-state index in [1.165, 1.54) is 6.33 Å². The second-order valence-electron chi connectivity index (χ2n) is 5.75. The molecule has 2 aromatic carbocycles. The summed E-state index contributed by atoms with van der Waals surface area (Å²) in [4.78, 5) is 20.7. The van der Waals surface area contributed by atoms with Crippen LogP contribution < -0.4 is 20.1 Å². The quantitative estimate of drug-likeness (QED) is 0.750. The molecule has 1 aliphatic rings. The highest BCUT2D eigenvalue weighted by Gasteiger charge is 2.15. The number of nitrogens with one attached hydrogen (secondary N) is 2. The molecule has 7 heteroatoms. The Balaban J connectivity index is 1.51. The van der Waals surface area contributed by atoms with E-state index in [0.29, 0.717) is 23.0 Å². The fraction of sp³-hybridized carbons (Fsp3) is 0.105. The van der Waals surface area contributed by atoms with Crippen LogP contribution in [-0.4, -0.2) is 22.7 Å². The first kappa shape index (κ1) is 15.9. The third kappa shape index (κ3) is 3.27. The van der Waals surface area contributed by atoms with Gasteiger partial charge >= 0.3 is 0 Å². The monoisotopic (exact) mass is 348 g/mol. The minimum atomic E-state index is -0.334. The van der Waals surface area contributed by atoms with Crippen LogP contribution in [0.1, 0.15) is 16.1 Å². The van der Waals surface area contributed by atoms with Gasteiger partial charge in [-0.15, -0.1) is 0 Å². The van der Waals surface area contributed by atoms with E-state index < -0.39 is 0 Å². The molecule has 3 aromatic rings. The minimum Gasteiger partial charge on any atom is -0.454 e. The van der Waals surface area contributed by atoms with Crippen LogP contribution >= 0.6 is 0 Å². The van der Waals surface area contributed by atoms with Crippen LogP contribution in [0.4, 0.5) is 17.2 Å². The maximum Gasteiger partial charge on any atom is 0.274 e. The van der Waals surface area contributed by atoms with Gasteiger partial charge in [-0.25, -0.2) is 9.97 Å². The first-order valence-corrected chi connectivity index (χ1v) is 8.05. The second kappa shape index (κ2) is 6.72. The van der Waals surface area contributed by atoms with Crippen molar-refractivity contribution >= 4 is 23.1 Å². The number of hydrogen-bond donors (Lipinski definition) is 2. The number of aromatic nitrogens is 2. The van der Waals surface area contributed by atoms with Crippen LogP contribution in [0.15, 0.2) is 54.9 Å². The van der Waals surface area contributed by atoms with Gasteiger partial charge in [-0.3, -0.25) is 4.79 Å². The molecule has 0 fully saturated rings. The molecule has 7 nitrogen and oxygen atoms in total. The Hall–Kier alpha value is -3.61. The first-order valence-electron chi connectivity index (χ1n) is 8.05. The van der Waals surface area contributed by atoms with E-state index in [-0.39, 0.29) is 18.4 Å². The molecule has 1 aliphatic heterocycles. The summed E-state index contributed by atoms with van der Waals surface area (Å²) < 4.78 is 10.6. The highest BCUT2D eigenvalue weighted by atomic mass is 16.7. The van der Waals surface area contributed by atoms with Crippen molar-refractivity contribution in [1.82, 2.24) is 9.97 Å². The number of ether oxygens (including phenoxy) is 2. The van der Waals surface area contributed by atoms with Gasteiger partial charge in [0.2, 0.25) is 6.79 Å². The summed E-state index contributed by atoms with van der Waals surface area (Å²) in [5.41, 5.74) is 2.87. The number of carbonyl (C=O) groups excluding carboxylic acids is 1. The Labute approximate surface area is 150 Å². The molecule has 0 atom stereocenters. The molecule has 4 rings (SSSR count). The van der Waals surface area contributed by atoms with Crippen LogP contribution in [0, 0.1) is 6.92 Å². The Morgan fingerprint density at radius 3 is 2.77 bits per heavy atom. The maximum atomic E-state index is 12.5. The van der Waals surface area contributed by atoms with Gasteiger partial charge in [-0.1, -0.05) is 18.2 Å². The fourth-order valence-corrected chi connectivity index (χ4v) is 2.57. The molecule has 130 valence electrons. The smallest absolute Gasteiger partial charge is 0.274 e. The largest absolute Gasteiger partial charge is 0.454 e. The van der Waals surface area contributed by atoms with Gasteiger partial charge < -0.3 is 20.1 Å². The summed E-state index contributed by atoms with van der Waals surface area (Å²) in [6, 6.07) is 14.7. The zero-order valence-electron chi connectivity index (χ0n) is 14.0. The molecule has 1 aromatic heterocycles. The molecule has 0 unspecified atom stereocenters. The number of benzene rings is 2. The standard InChI is InChI=1S/C19H16N4O3/c1-12-4-2-3-5-14(12)23-18-9-15(20-10-21-18)19(24)22-13-6-7-16-17(8-13)26-11-25-16/h2-10H,11H2,1H3,(H,22,24)(H,20,21,23). The number of para-hydroxylation sites is 1. The van der Waals surface area contributed by atoms with Crippen molar-refractivity contribution in [3.63, 3.8) is 0 Å². The lowest BCUT2D eigenvalue weighted by atomic mass is 10.2. The van der Waals surface area contributed by atoms with Crippen molar-refractivity contribution < 1.29 is 14.3 Å². The maximum absolute atomic E-state index is 12.5. The summed E-state index contributed by atoms with van der Waals surface area (Å²) in [6.45, 7) is 2.18. The van der Waals surface area contributed by atoms with E-state index in [1.807, 2.05) is 31.2 Å². The number of nitrogens with zero attached hydrogens (tertiary/aromatic N) is 2. The average Bonchev–Trinajstić information content (AvgIpc) is 3.12. The minimum absolute atomic E-state index is 0.187.